The first-order valence-electron chi connectivity index (χ1n) is 7.25. The van der Waals surface area contributed by atoms with Gasteiger partial charge in [0.2, 0.25) is 0 Å². The maximum atomic E-state index is 6.43. The van der Waals surface area contributed by atoms with Gasteiger partial charge in [-0.25, -0.2) is 4.98 Å². The third kappa shape index (κ3) is 3.43. The molecule has 4 nitrogen and oxygen atoms in total. The van der Waals surface area contributed by atoms with E-state index in [4.69, 9.17) is 11.6 Å². The van der Waals surface area contributed by atoms with Crippen LogP contribution in [0.1, 0.15) is 26.3 Å². The van der Waals surface area contributed by atoms with E-state index in [0.29, 0.717) is 0 Å². The number of halogens is 1. The normalized spacial score (nSPS) is 19.4. The third-order valence-corrected chi connectivity index (χ3v) is 4.35. The number of pyridine rings is 1. The lowest BCUT2D eigenvalue weighted by molar-refractivity contribution is 0.138. The number of aromatic nitrogens is 1. The summed E-state index contributed by atoms with van der Waals surface area (Å²) in [5.74, 6) is 0.910. The van der Waals surface area contributed by atoms with Crippen molar-refractivity contribution in [2.24, 2.45) is 0 Å². The molecule has 1 saturated heterocycles. The molecule has 5 heteroatoms. The average Bonchev–Trinajstić information content (AvgIpc) is 2.40. The van der Waals surface area contributed by atoms with Gasteiger partial charge in [0.1, 0.15) is 5.82 Å². The highest BCUT2D eigenvalue weighted by Crippen LogP contribution is 2.28. The van der Waals surface area contributed by atoms with E-state index in [9.17, 15) is 0 Å². The van der Waals surface area contributed by atoms with Gasteiger partial charge in [-0.2, -0.15) is 0 Å². The largest absolute Gasteiger partial charge is 0.352 e. The summed E-state index contributed by atoms with van der Waals surface area (Å²) in [6.45, 7) is 11.3. The predicted octanol–water partition coefficient (Wildman–Crippen LogP) is 2.37. The fraction of sp³-hybridized carbons (Fsp3) is 0.667. The number of piperazine rings is 1. The molecule has 0 saturated carbocycles. The Hall–Kier alpha value is -0.840. The molecule has 1 fully saturated rings. The van der Waals surface area contributed by atoms with Gasteiger partial charge in [0.15, 0.2) is 0 Å². The molecule has 0 amide bonds. The monoisotopic (exact) mass is 296 g/mol. The van der Waals surface area contributed by atoms with Gasteiger partial charge in [0, 0.05) is 37.9 Å². The van der Waals surface area contributed by atoms with Crippen LogP contribution in [0.4, 0.5) is 5.82 Å². The highest BCUT2D eigenvalue weighted by Gasteiger charge is 2.32. The zero-order valence-electron chi connectivity index (χ0n) is 12.9. The maximum absolute atomic E-state index is 6.43. The molecule has 0 atom stereocenters. The number of anilines is 1. The van der Waals surface area contributed by atoms with Crippen LogP contribution < -0.4 is 10.2 Å². The Morgan fingerprint density at radius 1 is 1.40 bits per heavy atom. The van der Waals surface area contributed by atoms with Crippen LogP contribution in [0, 0.1) is 0 Å². The van der Waals surface area contributed by atoms with E-state index in [0.717, 1.165) is 49.1 Å². The minimum absolute atomic E-state index is 0.145. The molecule has 0 radical (unpaired) electrons. The molecule has 0 aliphatic carbocycles. The summed E-state index contributed by atoms with van der Waals surface area (Å²) in [6.07, 6.45) is 1.93. The fourth-order valence-electron chi connectivity index (χ4n) is 2.49. The topological polar surface area (TPSA) is 31.4 Å². The second-order valence-corrected chi connectivity index (χ2v) is 6.49. The number of nitrogens with zero attached hydrogens (tertiary/aromatic N) is 3. The second-order valence-electron chi connectivity index (χ2n) is 6.08. The Balaban J connectivity index is 2.13. The standard InChI is InChI=1S/C15H25ClN4/c1-5-17-9-12-8-13(16)14(18-10-12)20-7-6-19(4)15(2,3)11-20/h8,10,17H,5-7,9,11H2,1-4H3. The van der Waals surface area contributed by atoms with Gasteiger partial charge >= 0.3 is 0 Å². The van der Waals surface area contributed by atoms with Gasteiger partial charge in [0.25, 0.3) is 0 Å². The smallest absolute Gasteiger partial charge is 0.147 e. The van der Waals surface area contributed by atoms with E-state index in [1.807, 2.05) is 12.3 Å². The zero-order valence-corrected chi connectivity index (χ0v) is 13.7. The minimum Gasteiger partial charge on any atom is -0.352 e. The lowest BCUT2D eigenvalue weighted by atomic mass is 10.00. The van der Waals surface area contributed by atoms with Crippen molar-refractivity contribution in [1.29, 1.82) is 0 Å². The van der Waals surface area contributed by atoms with Crippen LogP contribution in [0.2, 0.25) is 5.02 Å². The van der Waals surface area contributed by atoms with Crippen LogP contribution >= 0.6 is 11.6 Å². The molecule has 2 heterocycles. The lowest BCUT2D eigenvalue weighted by Gasteiger charge is -2.45. The van der Waals surface area contributed by atoms with Crippen LogP contribution in [-0.4, -0.2) is 48.6 Å². The Kier molecular flexibility index (Phi) is 4.89. The highest BCUT2D eigenvalue weighted by atomic mass is 35.5. The highest BCUT2D eigenvalue weighted by molar-refractivity contribution is 6.33. The van der Waals surface area contributed by atoms with Crippen molar-refractivity contribution in [2.45, 2.75) is 32.9 Å². The Bertz CT molecular complexity index is 461. The lowest BCUT2D eigenvalue weighted by Crippen LogP contribution is -2.58. The molecule has 20 heavy (non-hydrogen) atoms. The fourth-order valence-corrected chi connectivity index (χ4v) is 2.80. The summed E-state index contributed by atoms with van der Waals surface area (Å²) in [6, 6.07) is 2.03. The summed E-state index contributed by atoms with van der Waals surface area (Å²) < 4.78 is 0. The molecule has 1 aromatic heterocycles. The van der Waals surface area contributed by atoms with Crippen molar-refractivity contribution in [3.8, 4) is 0 Å². The molecule has 1 aromatic rings. The summed E-state index contributed by atoms with van der Waals surface area (Å²) in [5, 5.41) is 4.04. The second kappa shape index (κ2) is 6.29. The summed E-state index contributed by atoms with van der Waals surface area (Å²) in [7, 11) is 2.17. The Labute approximate surface area is 127 Å². The van der Waals surface area contributed by atoms with Crippen LogP contribution in [-0.2, 0) is 6.54 Å². The quantitative estimate of drug-likeness (QED) is 0.924. The van der Waals surface area contributed by atoms with Gasteiger partial charge in [0.05, 0.1) is 5.02 Å². The van der Waals surface area contributed by atoms with E-state index in [1.54, 1.807) is 0 Å². The summed E-state index contributed by atoms with van der Waals surface area (Å²) in [5.41, 5.74) is 1.28. The van der Waals surface area contributed by atoms with Gasteiger partial charge in [-0.1, -0.05) is 18.5 Å². The van der Waals surface area contributed by atoms with Crippen LogP contribution in [0.15, 0.2) is 12.3 Å². The molecule has 0 aromatic carbocycles. The molecule has 0 spiro atoms. The van der Waals surface area contributed by atoms with Crippen molar-refractivity contribution in [3.63, 3.8) is 0 Å². The molecule has 2 rings (SSSR count). The number of nitrogens with one attached hydrogen (secondary N) is 1. The average molecular weight is 297 g/mol. The molecule has 0 unspecified atom stereocenters. The molecule has 1 aliphatic rings. The van der Waals surface area contributed by atoms with Gasteiger partial charge < -0.3 is 10.2 Å². The first kappa shape index (κ1) is 15.5. The van der Waals surface area contributed by atoms with Crippen LogP contribution in [0.5, 0.6) is 0 Å². The van der Waals surface area contributed by atoms with Crippen LogP contribution in [0.25, 0.3) is 0 Å². The van der Waals surface area contributed by atoms with Crippen molar-refractivity contribution < 1.29 is 0 Å². The summed E-state index contributed by atoms with van der Waals surface area (Å²) >= 11 is 6.43. The van der Waals surface area contributed by atoms with E-state index in [1.165, 1.54) is 0 Å². The molecule has 112 valence electrons. The van der Waals surface area contributed by atoms with E-state index in [2.05, 4.69) is 47.9 Å². The Morgan fingerprint density at radius 2 is 2.15 bits per heavy atom. The van der Waals surface area contributed by atoms with E-state index in [-0.39, 0.29) is 5.54 Å². The predicted molar refractivity (Wildman–Crippen MR) is 85.5 cm³/mol. The van der Waals surface area contributed by atoms with Gasteiger partial charge in [-0.05, 0) is 39.1 Å². The van der Waals surface area contributed by atoms with Gasteiger partial charge in [-0.15, -0.1) is 0 Å². The molecule has 1 aliphatic heterocycles. The Morgan fingerprint density at radius 3 is 2.75 bits per heavy atom. The molecular weight excluding hydrogens is 272 g/mol. The summed E-state index contributed by atoms with van der Waals surface area (Å²) in [4.78, 5) is 9.26. The van der Waals surface area contributed by atoms with E-state index >= 15 is 0 Å². The number of hydrogen-bond acceptors (Lipinski definition) is 4. The number of likely N-dealkylation sites (N-methyl/N-ethyl adjacent to an activating group) is 1. The maximum Gasteiger partial charge on any atom is 0.147 e. The molecule has 1 N–H and O–H groups in total. The van der Waals surface area contributed by atoms with Crippen molar-refractivity contribution in [1.82, 2.24) is 15.2 Å². The SMILES string of the molecule is CCNCc1cnc(N2CCN(C)C(C)(C)C2)c(Cl)c1. The van der Waals surface area contributed by atoms with Crippen LogP contribution in [0.3, 0.4) is 0 Å². The van der Waals surface area contributed by atoms with E-state index < -0.39 is 0 Å². The molecular formula is C15H25ClN4. The first-order chi connectivity index (χ1) is 9.44. The van der Waals surface area contributed by atoms with Crippen molar-refractivity contribution in [3.05, 3.63) is 22.8 Å². The minimum atomic E-state index is 0.145. The van der Waals surface area contributed by atoms with Crippen molar-refractivity contribution in [2.75, 3.05) is 38.1 Å². The van der Waals surface area contributed by atoms with Crippen molar-refractivity contribution >= 4 is 17.4 Å². The zero-order chi connectivity index (χ0) is 14.8. The number of rotatable bonds is 4. The third-order valence-electron chi connectivity index (χ3n) is 4.07. The van der Waals surface area contributed by atoms with Gasteiger partial charge in [-0.3, -0.25) is 4.90 Å². The molecule has 0 bridgehead atoms. The first-order valence-corrected chi connectivity index (χ1v) is 7.63. The number of hydrogen-bond donors (Lipinski definition) is 1.